The van der Waals surface area contributed by atoms with Gasteiger partial charge in [0.25, 0.3) is 0 Å². The Kier molecular flexibility index (Phi) is 3.24. The first-order valence-corrected chi connectivity index (χ1v) is 6.61. The highest BCUT2D eigenvalue weighted by Gasteiger charge is 2.11. The maximum atomic E-state index is 12.1. The Hall–Kier alpha value is -2.20. The molecule has 20 heavy (non-hydrogen) atoms. The van der Waals surface area contributed by atoms with Crippen LogP contribution in [0.3, 0.4) is 0 Å². The van der Waals surface area contributed by atoms with Gasteiger partial charge in [-0.2, -0.15) is 0 Å². The first-order valence-electron chi connectivity index (χ1n) is 6.21. The largest absolute Gasteiger partial charge is 0.497 e. The molecule has 4 heteroatoms. The topological polar surface area (TPSA) is 39.4 Å². The molecule has 0 saturated heterocycles. The highest BCUT2D eigenvalue weighted by atomic mass is 32.1. The molecular weight excluding hydrogens is 272 g/mol. The molecule has 0 aliphatic heterocycles. The van der Waals surface area contributed by atoms with E-state index in [0.29, 0.717) is 16.9 Å². The summed E-state index contributed by atoms with van der Waals surface area (Å²) >= 11 is 5.18. The maximum absolute atomic E-state index is 12.1. The lowest BCUT2D eigenvalue weighted by Gasteiger charge is -2.08. The standard InChI is InChI=1S/C16H12O3S/c1-18-12-6-5-11-8-14(16(17)19-15(11)9-12)10-3-2-4-13(20)7-10/h2-3,5-9H,4H2,1H3. The summed E-state index contributed by atoms with van der Waals surface area (Å²) in [6.45, 7) is 0. The summed E-state index contributed by atoms with van der Waals surface area (Å²) in [5.41, 5.74) is 1.47. The highest BCUT2D eigenvalue weighted by molar-refractivity contribution is 7.80. The predicted molar refractivity (Wildman–Crippen MR) is 83.4 cm³/mol. The van der Waals surface area contributed by atoms with Crippen molar-refractivity contribution in [2.75, 3.05) is 7.11 Å². The van der Waals surface area contributed by atoms with Crippen molar-refractivity contribution < 1.29 is 9.15 Å². The van der Waals surface area contributed by atoms with Gasteiger partial charge in [-0.1, -0.05) is 24.4 Å². The molecule has 0 saturated carbocycles. The lowest BCUT2D eigenvalue weighted by Crippen LogP contribution is -2.08. The molecule has 2 aromatic rings. The minimum absolute atomic E-state index is 0.369. The summed E-state index contributed by atoms with van der Waals surface area (Å²) in [6, 6.07) is 7.23. The summed E-state index contributed by atoms with van der Waals surface area (Å²) in [5.74, 6) is 0.659. The van der Waals surface area contributed by atoms with Gasteiger partial charge in [-0.25, -0.2) is 4.79 Å². The number of thiocarbonyl (C=S) groups is 1. The van der Waals surface area contributed by atoms with E-state index in [2.05, 4.69) is 0 Å². The van der Waals surface area contributed by atoms with E-state index in [1.54, 1.807) is 13.2 Å². The normalized spacial score (nSPS) is 14.4. The lowest BCUT2D eigenvalue weighted by atomic mass is 10.00. The Bertz CT molecular complexity index is 812. The molecule has 0 spiro atoms. The fourth-order valence-corrected chi connectivity index (χ4v) is 2.39. The van der Waals surface area contributed by atoms with E-state index < -0.39 is 0 Å². The quantitative estimate of drug-likeness (QED) is 0.625. The zero-order valence-electron chi connectivity index (χ0n) is 10.9. The minimum Gasteiger partial charge on any atom is -0.497 e. The molecular formula is C16H12O3S. The summed E-state index contributed by atoms with van der Waals surface area (Å²) in [7, 11) is 1.58. The third-order valence-electron chi connectivity index (χ3n) is 3.19. The Balaban J connectivity index is 2.18. The van der Waals surface area contributed by atoms with Crippen LogP contribution in [-0.2, 0) is 0 Å². The van der Waals surface area contributed by atoms with Gasteiger partial charge in [-0.05, 0) is 29.8 Å². The van der Waals surface area contributed by atoms with Crippen LogP contribution >= 0.6 is 12.2 Å². The molecule has 3 rings (SSSR count). The van der Waals surface area contributed by atoms with Crippen molar-refractivity contribution in [2.24, 2.45) is 0 Å². The SMILES string of the molecule is COc1ccc2cc(C3=CC(=S)CC=C3)c(=O)oc2c1. The molecule has 0 unspecified atom stereocenters. The fraction of sp³-hybridized carbons (Fsp3) is 0.125. The molecule has 100 valence electrons. The highest BCUT2D eigenvalue weighted by Crippen LogP contribution is 2.24. The van der Waals surface area contributed by atoms with Crippen molar-refractivity contribution in [2.45, 2.75) is 6.42 Å². The number of fused-ring (bicyclic) bond motifs is 1. The Morgan fingerprint density at radius 2 is 2.15 bits per heavy atom. The number of rotatable bonds is 2. The Morgan fingerprint density at radius 3 is 2.90 bits per heavy atom. The average Bonchev–Trinajstić information content (AvgIpc) is 2.46. The van der Waals surface area contributed by atoms with Gasteiger partial charge >= 0.3 is 5.63 Å². The summed E-state index contributed by atoms with van der Waals surface area (Å²) in [4.78, 5) is 12.9. The number of hydrogen-bond acceptors (Lipinski definition) is 4. The molecule has 0 atom stereocenters. The van der Waals surface area contributed by atoms with Crippen molar-refractivity contribution in [1.82, 2.24) is 0 Å². The lowest BCUT2D eigenvalue weighted by molar-refractivity contribution is 0.414. The van der Waals surface area contributed by atoms with Gasteiger partial charge in [-0.3, -0.25) is 0 Å². The number of methoxy groups -OCH3 is 1. The molecule has 0 N–H and O–H groups in total. The molecule has 1 aromatic heterocycles. The van der Waals surface area contributed by atoms with Crippen molar-refractivity contribution in [3.63, 3.8) is 0 Å². The summed E-state index contributed by atoms with van der Waals surface area (Å²) in [6.07, 6.45) is 6.44. The van der Waals surface area contributed by atoms with Crippen LogP contribution in [0.4, 0.5) is 0 Å². The second-order valence-corrected chi connectivity index (χ2v) is 5.05. The van der Waals surface area contributed by atoms with Crippen LogP contribution in [0.5, 0.6) is 5.75 Å². The Morgan fingerprint density at radius 1 is 1.30 bits per heavy atom. The van der Waals surface area contributed by atoms with E-state index in [0.717, 1.165) is 22.2 Å². The monoisotopic (exact) mass is 284 g/mol. The van der Waals surface area contributed by atoms with Gasteiger partial charge in [0.05, 0.1) is 12.7 Å². The molecule has 1 aliphatic carbocycles. The smallest absolute Gasteiger partial charge is 0.344 e. The van der Waals surface area contributed by atoms with Crippen LogP contribution in [-0.4, -0.2) is 12.0 Å². The number of hydrogen-bond donors (Lipinski definition) is 0. The summed E-state index contributed by atoms with van der Waals surface area (Å²) in [5, 5.41) is 0.853. The summed E-state index contributed by atoms with van der Waals surface area (Å²) < 4.78 is 10.5. The number of ether oxygens (including phenoxy) is 1. The maximum Gasteiger partial charge on any atom is 0.344 e. The number of allylic oxidation sites excluding steroid dienone is 4. The predicted octanol–water partition coefficient (Wildman–Crippen LogP) is 3.51. The van der Waals surface area contributed by atoms with Crippen molar-refractivity contribution in [1.29, 1.82) is 0 Å². The minimum atomic E-state index is -0.369. The molecule has 0 bridgehead atoms. The molecule has 0 amide bonds. The Labute approximate surface area is 121 Å². The molecule has 3 nitrogen and oxygen atoms in total. The van der Waals surface area contributed by atoms with E-state index in [9.17, 15) is 4.79 Å². The van der Waals surface area contributed by atoms with Crippen molar-refractivity contribution in [3.05, 3.63) is 58.5 Å². The van der Waals surface area contributed by atoms with Gasteiger partial charge in [0.15, 0.2) is 0 Å². The second kappa shape index (κ2) is 5.06. The van der Waals surface area contributed by atoms with E-state index in [4.69, 9.17) is 21.4 Å². The van der Waals surface area contributed by atoms with Crippen LogP contribution in [0.2, 0.25) is 0 Å². The third-order valence-corrected chi connectivity index (χ3v) is 3.47. The molecule has 1 aliphatic rings. The zero-order valence-corrected chi connectivity index (χ0v) is 11.7. The first kappa shape index (κ1) is 12.8. The van der Waals surface area contributed by atoms with E-state index in [1.807, 2.05) is 36.4 Å². The number of benzene rings is 1. The molecule has 0 radical (unpaired) electrons. The zero-order chi connectivity index (χ0) is 14.1. The van der Waals surface area contributed by atoms with Gasteiger partial charge in [0.1, 0.15) is 11.3 Å². The van der Waals surface area contributed by atoms with Gasteiger partial charge in [-0.15, -0.1) is 0 Å². The van der Waals surface area contributed by atoms with Crippen LogP contribution in [0.1, 0.15) is 12.0 Å². The van der Waals surface area contributed by atoms with Crippen LogP contribution < -0.4 is 10.4 Å². The van der Waals surface area contributed by atoms with Crippen molar-refractivity contribution in [3.8, 4) is 5.75 Å². The third kappa shape index (κ3) is 2.30. The van der Waals surface area contributed by atoms with Gasteiger partial charge in [0.2, 0.25) is 0 Å². The van der Waals surface area contributed by atoms with Crippen molar-refractivity contribution >= 4 is 33.6 Å². The molecule has 0 fully saturated rings. The first-order chi connectivity index (χ1) is 9.67. The van der Waals surface area contributed by atoms with Crippen LogP contribution in [0, 0.1) is 0 Å². The van der Waals surface area contributed by atoms with E-state index in [1.165, 1.54) is 0 Å². The van der Waals surface area contributed by atoms with E-state index in [-0.39, 0.29) is 5.63 Å². The molecule has 1 aromatic carbocycles. The van der Waals surface area contributed by atoms with E-state index >= 15 is 0 Å². The fourth-order valence-electron chi connectivity index (χ4n) is 2.17. The van der Waals surface area contributed by atoms with Crippen LogP contribution in [0.25, 0.3) is 16.5 Å². The molecule has 1 heterocycles. The van der Waals surface area contributed by atoms with Crippen LogP contribution in [0.15, 0.2) is 51.7 Å². The second-order valence-electron chi connectivity index (χ2n) is 4.52. The van der Waals surface area contributed by atoms with Gasteiger partial charge < -0.3 is 9.15 Å². The average molecular weight is 284 g/mol. The van der Waals surface area contributed by atoms with Gasteiger partial charge in [0, 0.05) is 22.7 Å².